The average Bonchev–Trinajstić information content (AvgIpc) is 2.38. The molecule has 0 amide bonds. The summed E-state index contributed by atoms with van der Waals surface area (Å²) in [6.07, 6.45) is 7.99. The highest BCUT2D eigenvalue weighted by molar-refractivity contribution is 5.94. The van der Waals surface area contributed by atoms with Gasteiger partial charge in [0, 0.05) is 10.8 Å². The zero-order chi connectivity index (χ0) is 9.27. The maximum absolute atomic E-state index is 12.2. The summed E-state index contributed by atoms with van der Waals surface area (Å²) >= 11 is 0. The Kier molecular flexibility index (Phi) is 1.15. The number of Topliss-reactive ketones (excluding diaryl/α,β-unsaturated/α-hetero) is 1. The highest BCUT2D eigenvalue weighted by Gasteiger charge is 2.61. The molecule has 0 aromatic rings. The maximum Gasteiger partial charge on any atom is 0.148 e. The molecular formula is C12H16O. The summed E-state index contributed by atoms with van der Waals surface area (Å²) in [5.41, 5.74) is -0.0758. The molecule has 0 aromatic carbocycles. The van der Waals surface area contributed by atoms with Gasteiger partial charge in [-0.1, -0.05) is 19.1 Å². The molecule has 4 aliphatic rings. The molecule has 0 heterocycles. The summed E-state index contributed by atoms with van der Waals surface area (Å²) in [5.74, 6) is 1.87. The molecule has 1 nitrogen and oxygen atoms in total. The lowest BCUT2D eigenvalue weighted by Crippen LogP contribution is -2.53. The van der Waals surface area contributed by atoms with Gasteiger partial charge < -0.3 is 0 Å². The van der Waals surface area contributed by atoms with Gasteiger partial charge in [0.1, 0.15) is 5.78 Å². The summed E-state index contributed by atoms with van der Waals surface area (Å²) in [6, 6.07) is 0. The number of allylic oxidation sites excluding steroid dienone is 2. The predicted molar refractivity (Wildman–Crippen MR) is 51.2 cm³/mol. The molecule has 0 aliphatic heterocycles. The van der Waals surface area contributed by atoms with Crippen molar-refractivity contribution in [2.24, 2.45) is 22.7 Å². The molecule has 4 aliphatic carbocycles. The van der Waals surface area contributed by atoms with Gasteiger partial charge in [-0.2, -0.15) is 0 Å². The number of rotatable bonds is 0. The molecule has 0 aromatic heterocycles. The predicted octanol–water partition coefficient (Wildman–Crippen LogP) is 2.57. The second kappa shape index (κ2) is 1.92. The number of carbonyl (C=O) groups is 1. The molecule has 4 atom stereocenters. The number of carbonyl (C=O) groups excluding carboxylic acids is 1. The zero-order valence-corrected chi connectivity index (χ0v) is 8.34. The van der Waals surface area contributed by atoms with Crippen LogP contribution in [0.3, 0.4) is 0 Å². The van der Waals surface area contributed by atoms with Crippen LogP contribution < -0.4 is 0 Å². The van der Waals surface area contributed by atoms with E-state index in [9.17, 15) is 4.79 Å². The molecule has 0 saturated heterocycles. The van der Waals surface area contributed by atoms with Crippen LogP contribution in [0.5, 0.6) is 0 Å². The standard InChI is InChI=1S/C12H16O/c1-11-5-4-9-8(7-11)3-6-12(9,2)10(11)13/h3,6,8-9H,4-5,7H2,1-2H3/t8-,9+,11-,12-/m1/s1. The van der Waals surface area contributed by atoms with E-state index in [1.54, 1.807) is 0 Å². The van der Waals surface area contributed by atoms with Crippen molar-refractivity contribution in [2.45, 2.75) is 33.1 Å². The Morgan fingerprint density at radius 2 is 2.23 bits per heavy atom. The SMILES string of the molecule is C[C@]12CC[C@H]3[C@H](C=C[C@@]3(C)C1=O)C2. The van der Waals surface area contributed by atoms with E-state index in [1.807, 2.05) is 0 Å². The molecule has 70 valence electrons. The molecule has 0 unspecified atom stereocenters. The molecule has 0 radical (unpaired) electrons. The van der Waals surface area contributed by atoms with Gasteiger partial charge in [-0.05, 0) is 38.0 Å². The highest BCUT2D eigenvalue weighted by Crippen LogP contribution is 2.62. The second-order valence-corrected chi connectivity index (χ2v) is 5.54. The Hall–Kier alpha value is -0.590. The van der Waals surface area contributed by atoms with E-state index in [0.717, 1.165) is 12.8 Å². The largest absolute Gasteiger partial charge is 0.298 e. The van der Waals surface area contributed by atoms with Gasteiger partial charge in [0.15, 0.2) is 0 Å². The minimum atomic E-state index is -0.0874. The van der Waals surface area contributed by atoms with Gasteiger partial charge in [0.2, 0.25) is 0 Å². The first-order chi connectivity index (χ1) is 6.06. The van der Waals surface area contributed by atoms with Gasteiger partial charge in [-0.15, -0.1) is 0 Å². The smallest absolute Gasteiger partial charge is 0.148 e. The quantitative estimate of drug-likeness (QED) is 0.518. The third-order valence-electron chi connectivity index (χ3n) is 4.71. The van der Waals surface area contributed by atoms with Gasteiger partial charge in [0.05, 0.1) is 0 Å². The average molecular weight is 176 g/mol. The molecule has 4 bridgehead atoms. The van der Waals surface area contributed by atoms with Crippen LogP contribution in [0.15, 0.2) is 12.2 Å². The number of hydrogen-bond acceptors (Lipinski definition) is 1. The van der Waals surface area contributed by atoms with Crippen molar-refractivity contribution in [3.63, 3.8) is 0 Å². The summed E-state index contributed by atoms with van der Waals surface area (Å²) in [6.45, 7) is 4.32. The van der Waals surface area contributed by atoms with E-state index in [0.29, 0.717) is 17.6 Å². The first-order valence-corrected chi connectivity index (χ1v) is 5.31. The van der Waals surface area contributed by atoms with Crippen LogP contribution in [0.25, 0.3) is 0 Å². The van der Waals surface area contributed by atoms with Crippen molar-refractivity contribution in [3.8, 4) is 0 Å². The molecule has 0 N–H and O–H groups in total. The van der Waals surface area contributed by atoms with Crippen molar-refractivity contribution in [1.29, 1.82) is 0 Å². The Balaban J connectivity index is 2.17. The summed E-state index contributed by atoms with van der Waals surface area (Å²) in [7, 11) is 0. The fourth-order valence-corrected chi connectivity index (χ4v) is 3.95. The lowest BCUT2D eigenvalue weighted by molar-refractivity contribution is -0.151. The lowest BCUT2D eigenvalue weighted by atomic mass is 9.50. The van der Waals surface area contributed by atoms with Crippen LogP contribution in [0, 0.1) is 22.7 Å². The molecule has 1 heteroatoms. The lowest BCUT2D eigenvalue weighted by Gasteiger charge is -2.52. The van der Waals surface area contributed by atoms with E-state index < -0.39 is 0 Å². The fraction of sp³-hybridized carbons (Fsp3) is 0.750. The third kappa shape index (κ3) is 0.685. The zero-order valence-electron chi connectivity index (χ0n) is 8.34. The first-order valence-electron chi connectivity index (χ1n) is 5.31. The Bertz CT molecular complexity index is 317. The van der Waals surface area contributed by atoms with E-state index >= 15 is 0 Å². The Labute approximate surface area is 79.2 Å². The molecule has 0 spiro atoms. The molecule has 13 heavy (non-hydrogen) atoms. The van der Waals surface area contributed by atoms with Crippen molar-refractivity contribution in [1.82, 2.24) is 0 Å². The van der Waals surface area contributed by atoms with Crippen molar-refractivity contribution >= 4 is 5.78 Å². The fourth-order valence-electron chi connectivity index (χ4n) is 3.95. The summed E-state index contributed by atoms with van der Waals surface area (Å²) in [5, 5.41) is 0. The molecule has 4 rings (SSSR count). The maximum atomic E-state index is 12.2. The van der Waals surface area contributed by atoms with Crippen molar-refractivity contribution in [2.75, 3.05) is 0 Å². The molecular weight excluding hydrogens is 160 g/mol. The van der Waals surface area contributed by atoms with E-state index in [2.05, 4.69) is 26.0 Å². The van der Waals surface area contributed by atoms with Gasteiger partial charge >= 0.3 is 0 Å². The highest BCUT2D eigenvalue weighted by atomic mass is 16.1. The van der Waals surface area contributed by atoms with Crippen LogP contribution in [0.2, 0.25) is 0 Å². The van der Waals surface area contributed by atoms with Gasteiger partial charge in [-0.25, -0.2) is 0 Å². The monoisotopic (exact) mass is 176 g/mol. The van der Waals surface area contributed by atoms with Crippen LogP contribution in [-0.2, 0) is 4.79 Å². The Morgan fingerprint density at radius 3 is 3.00 bits per heavy atom. The van der Waals surface area contributed by atoms with E-state index in [-0.39, 0.29) is 10.8 Å². The van der Waals surface area contributed by atoms with Gasteiger partial charge in [0.25, 0.3) is 0 Å². The number of hydrogen-bond donors (Lipinski definition) is 0. The van der Waals surface area contributed by atoms with Crippen LogP contribution in [-0.4, -0.2) is 5.78 Å². The van der Waals surface area contributed by atoms with Crippen LogP contribution >= 0.6 is 0 Å². The number of ketones is 1. The molecule has 3 fully saturated rings. The van der Waals surface area contributed by atoms with Crippen LogP contribution in [0.4, 0.5) is 0 Å². The van der Waals surface area contributed by atoms with Gasteiger partial charge in [-0.3, -0.25) is 4.79 Å². The van der Waals surface area contributed by atoms with E-state index in [4.69, 9.17) is 0 Å². The third-order valence-corrected chi connectivity index (χ3v) is 4.71. The number of fused-ring (bicyclic) bond motifs is 1. The topological polar surface area (TPSA) is 17.1 Å². The van der Waals surface area contributed by atoms with E-state index in [1.165, 1.54) is 6.42 Å². The summed E-state index contributed by atoms with van der Waals surface area (Å²) in [4.78, 5) is 12.2. The minimum absolute atomic E-state index is 0.0116. The molecule has 3 saturated carbocycles. The van der Waals surface area contributed by atoms with Crippen molar-refractivity contribution in [3.05, 3.63) is 12.2 Å². The first kappa shape index (κ1) is 7.78. The normalized spacial score (nSPS) is 57.5. The van der Waals surface area contributed by atoms with Crippen molar-refractivity contribution < 1.29 is 4.79 Å². The second-order valence-electron chi connectivity index (χ2n) is 5.54. The Morgan fingerprint density at radius 1 is 1.46 bits per heavy atom. The summed E-state index contributed by atoms with van der Waals surface area (Å²) < 4.78 is 0. The minimum Gasteiger partial charge on any atom is -0.298 e. The van der Waals surface area contributed by atoms with Crippen LogP contribution in [0.1, 0.15) is 33.1 Å².